The van der Waals surface area contributed by atoms with Gasteiger partial charge in [0, 0.05) is 10.4 Å². The molecule has 0 radical (unpaired) electrons. The van der Waals surface area contributed by atoms with Gasteiger partial charge in [-0.1, -0.05) is 31.5 Å². The van der Waals surface area contributed by atoms with E-state index in [4.69, 9.17) is 4.74 Å². The van der Waals surface area contributed by atoms with E-state index in [9.17, 15) is 9.59 Å². The Morgan fingerprint density at radius 1 is 1.23 bits per heavy atom. The third-order valence-electron chi connectivity index (χ3n) is 6.14. The second-order valence-corrected chi connectivity index (χ2v) is 9.78. The molecule has 0 N–H and O–H groups in total. The molecule has 0 bridgehead atoms. The summed E-state index contributed by atoms with van der Waals surface area (Å²) < 4.78 is 7.04. The van der Waals surface area contributed by atoms with Crippen LogP contribution in [0, 0.1) is 26.7 Å². The summed E-state index contributed by atoms with van der Waals surface area (Å²) in [6, 6.07) is 6.23. The van der Waals surface area contributed by atoms with Crippen molar-refractivity contribution in [1.82, 2.24) is 9.55 Å². The molecule has 5 nitrogen and oxygen atoms in total. The second-order valence-electron chi connectivity index (χ2n) is 8.57. The molecule has 0 spiro atoms. The Balaban J connectivity index is 1.66. The average Bonchev–Trinajstić information content (AvgIpc) is 3.03. The van der Waals surface area contributed by atoms with E-state index in [1.807, 2.05) is 13.0 Å². The highest BCUT2D eigenvalue weighted by atomic mass is 32.1. The standard InChI is InChI=1S/C24H28N2O3S/c1-14-6-5-7-19(10-14)29-20(27)12-26-13-25-23-22(24(26)28)21(17(4)30-23)18-9-8-15(2)16(3)11-18/h8-9,11,13-14,19H,5-7,10,12H2,1-4H3/t14-,19+/m1/s1. The van der Waals surface area contributed by atoms with Crippen LogP contribution in [0.5, 0.6) is 0 Å². The number of rotatable bonds is 4. The molecular weight excluding hydrogens is 396 g/mol. The van der Waals surface area contributed by atoms with Crippen molar-refractivity contribution in [1.29, 1.82) is 0 Å². The van der Waals surface area contributed by atoms with Gasteiger partial charge in [0.15, 0.2) is 0 Å². The van der Waals surface area contributed by atoms with Gasteiger partial charge in [-0.2, -0.15) is 0 Å². The first-order valence-corrected chi connectivity index (χ1v) is 11.4. The van der Waals surface area contributed by atoms with Crippen molar-refractivity contribution in [3.8, 4) is 11.1 Å². The van der Waals surface area contributed by atoms with E-state index in [1.54, 1.807) is 0 Å². The summed E-state index contributed by atoms with van der Waals surface area (Å²) in [6.45, 7) is 8.24. The number of fused-ring (bicyclic) bond motifs is 1. The number of thiophene rings is 1. The Hall–Kier alpha value is -2.47. The summed E-state index contributed by atoms with van der Waals surface area (Å²) >= 11 is 1.51. The number of aromatic nitrogens is 2. The topological polar surface area (TPSA) is 61.2 Å². The fourth-order valence-corrected chi connectivity index (χ4v) is 5.35. The van der Waals surface area contributed by atoms with Gasteiger partial charge in [-0.15, -0.1) is 11.3 Å². The highest BCUT2D eigenvalue weighted by Gasteiger charge is 2.23. The maximum absolute atomic E-state index is 13.3. The molecule has 1 aliphatic rings. The number of hydrogen-bond donors (Lipinski definition) is 0. The van der Waals surface area contributed by atoms with E-state index in [0.29, 0.717) is 16.1 Å². The molecule has 3 aromatic rings. The van der Waals surface area contributed by atoms with Gasteiger partial charge in [-0.25, -0.2) is 4.98 Å². The number of benzene rings is 1. The molecule has 1 saturated carbocycles. The van der Waals surface area contributed by atoms with Crippen LogP contribution in [0.15, 0.2) is 29.3 Å². The number of carbonyl (C=O) groups is 1. The van der Waals surface area contributed by atoms with Crippen LogP contribution in [-0.4, -0.2) is 21.6 Å². The summed E-state index contributed by atoms with van der Waals surface area (Å²) in [6.07, 6.45) is 5.51. The van der Waals surface area contributed by atoms with Crippen molar-refractivity contribution >= 4 is 27.5 Å². The van der Waals surface area contributed by atoms with Gasteiger partial charge in [-0.3, -0.25) is 14.2 Å². The molecular formula is C24H28N2O3S. The highest BCUT2D eigenvalue weighted by molar-refractivity contribution is 7.19. The SMILES string of the molecule is Cc1ccc(-c2c(C)sc3ncn(CC(=O)O[C@H]4CCC[C@@H](C)C4)c(=O)c23)cc1C. The zero-order valence-corrected chi connectivity index (χ0v) is 18.8. The minimum absolute atomic E-state index is 0.0388. The highest BCUT2D eigenvalue weighted by Crippen LogP contribution is 2.36. The second kappa shape index (κ2) is 8.34. The minimum atomic E-state index is -0.364. The number of hydrogen-bond acceptors (Lipinski definition) is 5. The Morgan fingerprint density at radius 2 is 2.03 bits per heavy atom. The van der Waals surface area contributed by atoms with E-state index in [-0.39, 0.29) is 24.2 Å². The van der Waals surface area contributed by atoms with Crippen LogP contribution in [0.2, 0.25) is 0 Å². The third kappa shape index (κ3) is 4.06. The lowest BCUT2D eigenvalue weighted by atomic mass is 9.89. The molecule has 2 atom stereocenters. The van der Waals surface area contributed by atoms with Crippen LogP contribution in [-0.2, 0) is 16.1 Å². The summed E-state index contributed by atoms with van der Waals surface area (Å²) in [5.41, 5.74) is 4.13. The minimum Gasteiger partial charge on any atom is -0.461 e. The van der Waals surface area contributed by atoms with E-state index >= 15 is 0 Å². The summed E-state index contributed by atoms with van der Waals surface area (Å²) in [4.78, 5) is 32.0. The molecule has 6 heteroatoms. The molecule has 2 heterocycles. The van der Waals surface area contributed by atoms with Crippen molar-refractivity contribution < 1.29 is 9.53 Å². The van der Waals surface area contributed by atoms with Crippen molar-refractivity contribution in [2.75, 3.05) is 0 Å². The van der Waals surface area contributed by atoms with Crippen LogP contribution in [0.3, 0.4) is 0 Å². The van der Waals surface area contributed by atoms with Gasteiger partial charge in [-0.05, 0) is 62.6 Å². The summed E-state index contributed by atoms with van der Waals surface area (Å²) in [5.74, 6) is 0.212. The van der Waals surface area contributed by atoms with Crippen molar-refractivity contribution in [3.05, 3.63) is 50.9 Å². The first-order valence-electron chi connectivity index (χ1n) is 10.6. The molecule has 1 fully saturated rings. The number of nitrogens with zero attached hydrogens (tertiary/aromatic N) is 2. The predicted octanol–water partition coefficient (Wildman–Crippen LogP) is 5.17. The number of esters is 1. The van der Waals surface area contributed by atoms with E-state index in [1.165, 1.54) is 39.8 Å². The Bertz CT molecular complexity index is 1160. The van der Waals surface area contributed by atoms with Crippen molar-refractivity contribution in [2.45, 2.75) is 66.0 Å². The maximum atomic E-state index is 13.3. The molecule has 2 aromatic heterocycles. The molecule has 1 aromatic carbocycles. The van der Waals surface area contributed by atoms with Crippen LogP contribution in [0.1, 0.15) is 48.6 Å². The first-order chi connectivity index (χ1) is 14.3. The number of ether oxygens (including phenoxy) is 1. The van der Waals surface area contributed by atoms with Gasteiger partial charge in [0.1, 0.15) is 17.5 Å². The fourth-order valence-electron chi connectivity index (χ4n) is 4.34. The zero-order chi connectivity index (χ0) is 21.4. The van der Waals surface area contributed by atoms with Crippen LogP contribution in [0.4, 0.5) is 0 Å². The summed E-state index contributed by atoms with van der Waals surface area (Å²) in [7, 11) is 0. The smallest absolute Gasteiger partial charge is 0.326 e. The molecule has 0 unspecified atom stereocenters. The quantitative estimate of drug-likeness (QED) is 0.542. The average molecular weight is 425 g/mol. The number of carbonyl (C=O) groups excluding carboxylic acids is 1. The molecule has 0 amide bonds. The molecule has 0 saturated heterocycles. The lowest BCUT2D eigenvalue weighted by Gasteiger charge is -2.26. The van der Waals surface area contributed by atoms with Crippen molar-refractivity contribution in [3.63, 3.8) is 0 Å². The van der Waals surface area contributed by atoms with Crippen LogP contribution >= 0.6 is 11.3 Å². The van der Waals surface area contributed by atoms with Gasteiger partial charge in [0.25, 0.3) is 5.56 Å². The molecule has 158 valence electrons. The molecule has 1 aliphatic carbocycles. The van der Waals surface area contributed by atoms with Gasteiger partial charge in [0.05, 0.1) is 11.7 Å². The Kier molecular flexibility index (Phi) is 5.78. The van der Waals surface area contributed by atoms with Crippen molar-refractivity contribution in [2.24, 2.45) is 5.92 Å². The lowest BCUT2D eigenvalue weighted by molar-refractivity contribution is -0.152. The first kappa shape index (κ1) is 20.8. The van der Waals surface area contributed by atoms with Gasteiger partial charge in [0.2, 0.25) is 0 Å². The Morgan fingerprint density at radius 3 is 2.77 bits per heavy atom. The molecule has 30 heavy (non-hydrogen) atoms. The lowest BCUT2D eigenvalue weighted by Crippen LogP contribution is -2.30. The molecule has 0 aliphatic heterocycles. The van der Waals surface area contributed by atoms with E-state index < -0.39 is 0 Å². The third-order valence-corrected chi connectivity index (χ3v) is 7.15. The van der Waals surface area contributed by atoms with Crippen LogP contribution in [0.25, 0.3) is 21.3 Å². The largest absolute Gasteiger partial charge is 0.461 e. The zero-order valence-electron chi connectivity index (χ0n) is 18.0. The van der Waals surface area contributed by atoms with Gasteiger partial charge >= 0.3 is 5.97 Å². The number of aryl methyl sites for hydroxylation is 3. The van der Waals surface area contributed by atoms with E-state index in [2.05, 4.69) is 37.9 Å². The summed E-state index contributed by atoms with van der Waals surface area (Å²) in [5, 5.41) is 0.586. The van der Waals surface area contributed by atoms with Crippen LogP contribution < -0.4 is 5.56 Å². The predicted molar refractivity (Wildman–Crippen MR) is 121 cm³/mol. The molecule has 4 rings (SSSR count). The fraction of sp³-hybridized carbons (Fsp3) is 0.458. The maximum Gasteiger partial charge on any atom is 0.326 e. The van der Waals surface area contributed by atoms with Gasteiger partial charge < -0.3 is 4.74 Å². The normalized spacial score (nSPS) is 19.2. The monoisotopic (exact) mass is 424 g/mol. The van der Waals surface area contributed by atoms with E-state index in [0.717, 1.165) is 35.3 Å². The Labute approximate surface area is 180 Å².